The minimum atomic E-state index is -0.451. The lowest BCUT2D eigenvalue weighted by Crippen LogP contribution is -2.41. The summed E-state index contributed by atoms with van der Waals surface area (Å²) in [6.07, 6.45) is 3.13. The van der Waals surface area contributed by atoms with Crippen LogP contribution in [-0.4, -0.2) is 25.2 Å². The van der Waals surface area contributed by atoms with Gasteiger partial charge in [0, 0.05) is 6.61 Å². The molecule has 1 rings (SSSR count). The Labute approximate surface area is 67.2 Å². The smallest absolute Gasteiger partial charge is 0.213 e. The molecule has 1 heterocycles. The van der Waals surface area contributed by atoms with Crippen LogP contribution in [0, 0.1) is 5.41 Å². The summed E-state index contributed by atoms with van der Waals surface area (Å²) >= 11 is 0. The first-order valence-corrected chi connectivity index (χ1v) is 3.96. The fraction of sp³-hybridized carbons (Fsp3) is 0.875. The Balaban J connectivity index is 2.56. The molecule has 0 saturated carbocycles. The molecule has 11 heavy (non-hydrogen) atoms. The van der Waals surface area contributed by atoms with Crippen molar-refractivity contribution in [1.29, 1.82) is 5.41 Å². The molecule has 0 radical (unpaired) electrons. The van der Waals surface area contributed by atoms with E-state index in [1.165, 1.54) is 7.11 Å². The third-order valence-electron chi connectivity index (χ3n) is 2.15. The first-order chi connectivity index (χ1) is 5.19. The number of nitrogens with one attached hydrogen (secondary N) is 1. The average Bonchev–Trinajstić information content (AvgIpc) is 2.04. The van der Waals surface area contributed by atoms with Crippen LogP contribution in [0.4, 0.5) is 0 Å². The fourth-order valence-electron chi connectivity index (χ4n) is 1.33. The Morgan fingerprint density at radius 2 is 2.27 bits per heavy atom. The van der Waals surface area contributed by atoms with Crippen LogP contribution in [0.3, 0.4) is 0 Å². The molecule has 1 fully saturated rings. The Hall–Kier alpha value is -0.570. The number of methoxy groups -OCH3 is 1. The minimum Gasteiger partial charge on any atom is -0.482 e. The van der Waals surface area contributed by atoms with E-state index in [1.807, 2.05) is 6.92 Å². The topological polar surface area (TPSA) is 42.3 Å². The van der Waals surface area contributed by atoms with Crippen molar-refractivity contribution in [3.05, 3.63) is 0 Å². The standard InChI is InChI=1S/C8H15NO2/c1-8(7(9)10-2)5-3-4-6-11-8/h9H,3-6H2,1-2H3. The van der Waals surface area contributed by atoms with Gasteiger partial charge >= 0.3 is 0 Å². The zero-order valence-corrected chi connectivity index (χ0v) is 7.14. The van der Waals surface area contributed by atoms with Crippen LogP contribution < -0.4 is 0 Å². The van der Waals surface area contributed by atoms with Gasteiger partial charge in [-0.25, -0.2) is 0 Å². The molecule has 0 spiro atoms. The van der Waals surface area contributed by atoms with E-state index in [0.717, 1.165) is 25.9 Å². The highest BCUT2D eigenvalue weighted by Gasteiger charge is 2.33. The van der Waals surface area contributed by atoms with Gasteiger partial charge in [0.15, 0.2) is 0 Å². The first-order valence-electron chi connectivity index (χ1n) is 3.96. The molecule has 1 unspecified atom stereocenters. The van der Waals surface area contributed by atoms with Crippen molar-refractivity contribution in [3.8, 4) is 0 Å². The van der Waals surface area contributed by atoms with Crippen molar-refractivity contribution >= 4 is 5.90 Å². The molecule has 1 N–H and O–H groups in total. The van der Waals surface area contributed by atoms with Gasteiger partial charge in [-0.1, -0.05) is 0 Å². The highest BCUT2D eigenvalue weighted by Crippen LogP contribution is 2.25. The van der Waals surface area contributed by atoms with Crippen molar-refractivity contribution in [2.45, 2.75) is 31.8 Å². The minimum absolute atomic E-state index is 0.247. The Morgan fingerprint density at radius 1 is 1.55 bits per heavy atom. The third-order valence-corrected chi connectivity index (χ3v) is 2.15. The van der Waals surface area contributed by atoms with Crippen molar-refractivity contribution in [2.75, 3.05) is 13.7 Å². The van der Waals surface area contributed by atoms with Gasteiger partial charge in [0.05, 0.1) is 7.11 Å². The second-order valence-corrected chi connectivity index (χ2v) is 3.07. The summed E-state index contributed by atoms with van der Waals surface area (Å²) in [6, 6.07) is 0. The van der Waals surface area contributed by atoms with Crippen LogP contribution in [0.25, 0.3) is 0 Å². The van der Waals surface area contributed by atoms with Crippen molar-refractivity contribution < 1.29 is 9.47 Å². The van der Waals surface area contributed by atoms with Gasteiger partial charge < -0.3 is 9.47 Å². The third kappa shape index (κ3) is 1.71. The highest BCUT2D eigenvalue weighted by molar-refractivity contribution is 5.81. The second kappa shape index (κ2) is 3.22. The molecule has 3 heteroatoms. The number of hydrogen-bond acceptors (Lipinski definition) is 3. The van der Waals surface area contributed by atoms with E-state index >= 15 is 0 Å². The summed E-state index contributed by atoms with van der Waals surface area (Å²) in [5.74, 6) is 0.247. The monoisotopic (exact) mass is 157 g/mol. The van der Waals surface area contributed by atoms with Crippen molar-refractivity contribution in [2.24, 2.45) is 0 Å². The molecule has 0 amide bonds. The van der Waals surface area contributed by atoms with Crippen LogP contribution in [0.5, 0.6) is 0 Å². The molecule has 3 nitrogen and oxygen atoms in total. The maximum Gasteiger partial charge on any atom is 0.213 e. The van der Waals surface area contributed by atoms with E-state index in [2.05, 4.69) is 0 Å². The fourth-order valence-corrected chi connectivity index (χ4v) is 1.33. The Bertz CT molecular complexity index is 150. The quantitative estimate of drug-likeness (QED) is 0.463. The second-order valence-electron chi connectivity index (χ2n) is 3.07. The van der Waals surface area contributed by atoms with E-state index in [4.69, 9.17) is 14.9 Å². The predicted octanol–water partition coefficient (Wildman–Crippen LogP) is 1.57. The van der Waals surface area contributed by atoms with E-state index < -0.39 is 5.60 Å². The van der Waals surface area contributed by atoms with Gasteiger partial charge in [0.25, 0.3) is 0 Å². The number of hydrogen-bond donors (Lipinski definition) is 1. The molecule has 1 aliphatic rings. The zero-order valence-electron chi connectivity index (χ0n) is 7.14. The van der Waals surface area contributed by atoms with Crippen LogP contribution in [0.15, 0.2) is 0 Å². The summed E-state index contributed by atoms with van der Waals surface area (Å²) < 4.78 is 10.3. The molecule has 0 bridgehead atoms. The highest BCUT2D eigenvalue weighted by atomic mass is 16.5. The van der Waals surface area contributed by atoms with Gasteiger partial charge in [0.1, 0.15) is 5.60 Å². The predicted molar refractivity (Wildman–Crippen MR) is 42.9 cm³/mol. The van der Waals surface area contributed by atoms with Crippen LogP contribution in [-0.2, 0) is 9.47 Å². The van der Waals surface area contributed by atoms with E-state index in [1.54, 1.807) is 0 Å². The molecule has 64 valence electrons. The molecule has 0 aromatic rings. The first kappa shape index (κ1) is 8.53. The summed E-state index contributed by atoms with van der Waals surface area (Å²) in [7, 11) is 1.52. The van der Waals surface area contributed by atoms with E-state index in [-0.39, 0.29) is 5.90 Å². The molecular formula is C8H15NO2. The number of ether oxygens (including phenoxy) is 2. The van der Waals surface area contributed by atoms with Crippen molar-refractivity contribution in [1.82, 2.24) is 0 Å². The van der Waals surface area contributed by atoms with Gasteiger partial charge in [0.2, 0.25) is 5.90 Å². The normalized spacial score (nSPS) is 31.5. The molecule has 0 aliphatic carbocycles. The molecule has 0 aromatic carbocycles. The van der Waals surface area contributed by atoms with Gasteiger partial charge in [-0.3, -0.25) is 5.41 Å². The van der Waals surface area contributed by atoms with Gasteiger partial charge in [-0.05, 0) is 26.2 Å². The summed E-state index contributed by atoms with van der Waals surface area (Å²) in [4.78, 5) is 0. The average molecular weight is 157 g/mol. The van der Waals surface area contributed by atoms with Gasteiger partial charge in [-0.15, -0.1) is 0 Å². The van der Waals surface area contributed by atoms with E-state index in [0.29, 0.717) is 0 Å². The Morgan fingerprint density at radius 3 is 2.73 bits per heavy atom. The Kier molecular flexibility index (Phi) is 2.49. The molecule has 1 saturated heterocycles. The van der Waals surface area contributed by atoms with E-state index in [9.17, 15) is 0 Å². The van der Waals surface area contributed by atoms with Crippen LogP contribution in [0.2, 0.25) is 0 Å². The lowest BCUT2D eigenvalue weighted by atomic mass is 9.96. The lowest BCUT2D eigenvalue weighted by Gasteiger charge is -2.32. The molecule has 1 aliphatic heterocycles. The van der Waals surface area contributed by atoms with Gasteiger partial charge in [-0.2, -0.15) is 0 Å². The zero-order chi connectivity index (χ0) is 8.32. The molecule has 0 aromatic heterocycles. The number of rotatable bonds is 1. The van der Waals surface area contributed by atoms with Crippen LogP contribution >= 0.6 is 0 Å². The summed E-state index contributed by atoms with van der Waals surface area (Å²) in [5, 5.41) is 7.48. The SMILES string of the molecule is COC(=N)C1(C)CCCCO1. The summed E-state index contributed by atoms with van der Waals surface area (Å²) in [5.41, 5.74) is -0.451. The molecule has 1 atom stereocenters. The lowest BCUT2D eigenvalue weighted by molar-refractivity contribution is -0.0289. The van der Waals surface area contributed by atoms with Crippen LogP contribution in [0.1, 0.15) is 26.2 Å². The summed E-state index contributed by atoms with van der Waals surface area (Å²) in [6.45, 7) is 2.67. The van der Waals surface area contributed by atoms with Crippen molar-refractivity contribution in [3.63, 3.8) is 0 Å². The maximum absolute atomic E-state index is 7.48. The largest absolute Gasteiger partial charge is 0.482 e. The maximum atomic E-state index is 7.48. The molecular weight excluding hydrogens is 142 g/mol.